The van der Waals surface area contributed by atoms with E-state index in [2.05, 4.69) is 19.2 Å². The second kappa shape index (κ2) is 11.7. The van der Waals surface area contributed by atoms with E-state index in [1.807, 2.05) is 43.0 Å². The summed E-state index contributed by atoms with van der Waals surface area (Å²) in [5.41, 5.74) is 3.30. The van der Waals surface area contributed by atoms with Crippen LogP contribution in [-0.2, 0) is 16.0 Å². The predicted molar refractivity (Wildman–Crippen MR) is 181 cm³/mol. The van der Waals surface area contributed by atoms with Gasteiger partial charge in [-0.05, 0) is 47.8 Å². The summed E-state index contributed by atoms with van der Waals surface area (Å²) in [7, 11) is -1.05. The van der Waals surface area contributed by atoms with Crippen LogP contribution < -0.4 is 19.1 Å². The van der Waals surface area contributed by atoms with E-state index in [9.17, 15) is 19.4 Å². The number of carbonyl (C=O) groups is 2. The Kier molecular flexibility index (Phi) is 8.23. The van der Waals surface area contributed by atoms with Crippen LogP contribution in [-0.4, -0.2) is 47.7 Å². The largest absolute Gasteiger partial charge is 0.496 e. The van der Waals surface area contributed by atoms with Crippen LogP contribution in [0.1, 0.15) is 61.3 Å². The summed E-state index contributed by atoms with van der Waals surface area (Å²) < 4.78 is 11.1. The summed E-state index contributed by atoms with van der Waals surface area (Å²) in [5.74, 6) is 1.01. The van der Waals surface area contributed by atoms with Crippen molar-refractivity contribution in [1.29, 1.82) is 0 Å². The number of ether oxygens (including phenoxy) is 1. The summed E-state index contributed by atoms with van der Waals surface area (Å²) in [6, 6.07) is 11.7. The SMILES string of the molecule is C=Cc1c(OP(O)O)cc2c(c1C=C)[C@H](CCl)CN2C(=O)C1(C)CC(CC)(C(=O)N2CCc3c2cc(OC)c2ccccc32)C1. The number of nitrogens with zero attached hydrogens (tertiary/aromatic N) is 2. The highest BCUT2D eigenvalue weighted by molar-refractivity contribution is 7.39. The van der Waals surface area contributed by atoms with Gasteiger partial charge in [-0.1, -0.05) is 63.4 Å². The molecule has 0 spiro atoms. The van der Waals surface area contributed by atoms with Crippen LogP contribution in [0, 0.1) is 10.8 Å². The van der Waals surface area contributed by atoms with E-state index in [4.69, 9.17) is 20.9 Å². The zero-order chi connectivity index (χ0) is 32.3. The van der Waals surface area contributed by atoms with Crippen molar-refractivity contribution < 1.29 is 28.6 Å². The van der Waals surface area contributed by atoms with Gasteiger partial charge < -0.3 is 28.8 Å². The minimum atomic E-state index is -2.70. The summed E-state index contributed by atoms with van der Waals surface area (Å²) in [4.78, 5) is 51.7. The molecule has 45 heavy (non-hydrogen) atoms. The lowest BCUT2D eigenvalue weighted by Gasteiger charge is -2.54. The highest BCUT2D eigenvalue weighted by Gasteiger charge is 2.61. The monoisotopic (exact) mass is 648 g/mol. The number of benzene rings is 3. The zero-order valence-electron chi connectivity index (χ0n) is 25.8. The van der Waals surface area contributed by atoms with Gasteiger partial charge in [0.2, 0.25) is 11.8 Å². The van der Waals surface area contributed by atoms with Gasteiger partial charge in [-0.15, -0.1) is 11.6 Å². The van der Waals surface area contributed by atoms with E-state index < -0.39 is 19.4 Å². The Balaban J connectivity index is 1.31. The molecule has 2 aliphatic heterocycles. The van der Waals surface area contributed by atoms with E-state index >= 15 is 0 Å². The van der Waals surface area contributed by atoms with Crippen molar-refractivity contribution in [2.45, 2.75) is 45.4 Å². The summed E-state index contributed by atoms with van der Waals surface area (Å²) >= 11 is 6.43. The summed E-state index contributed by atoms with van der Waals surface area (Å²) in [6.45, 7) is 12.7. The fraction of sp³-hybridized carbons (Fsp3) is 0.371. The van der Waals surface area contributed by atoms with Crippen molar-refractivity contribution in [3.8, 4) is 11.5 Å². The molecule has 2 heterocycles. The van der Waals surface area contributed by atoms with Crippen LogP contribution >= 0.6 is 20.2 Å². The number of fused-ring (bicyclic) bond motifs is 4. The minimum Gasteiger partial charge on any atom is -0.496 e. The summed E-state index contributed by atoms with van der Waals surface area (Å²) in [5, 5.41) is 2.13. The number of anilines is 2. The molecule has 0 radical (unpaired) electrons. The van der Waals surface area contributed by atoms with Crippen LogP contribution in [0.15, 0.2) is 49.6 Å². The van der Waals surface area contributed by atoms with E-state index in [0.29, 0.717) is 49.2 Å². The highest BCUT2D eigenvalue weighted by Crippen LogP contribution is 2.60. The Hall–Kier alpha value is -3.42. The van der Waals surface area contributed by atoms with Gasteiger partial charge in [0.25, 0.3) is 0 Å². The molecule has 0 aromatic heterocycles. The second-order valence-corrected chi connectivity index (χ2v) is 13.5. The maximum absolute atomic E-state index is 14.4. The molecule has 1 atom stereocenters. The Labute approximate surface area is 269 Å². The molecule has 0 saturated heterocycles. The molecule has 3 aromatic carbocycles. The smallest absolute Gasteiger partial charge is 0.391 e. The first-order valence-corrected chi connectivity index (χ1v) is 16.9. The van der Waals surface area contributed by atoms with Crippen molar-refractivity contribution in [1.82, 2.24) is 0 Å². The van der Waals surface area contributed by atoms with Gasteiger partial charge in [0, 0.05) is 53.4 Å². The van der Waals surface area contributed by atoms with Crippen molar-refractivity contribution in [2.24, 2.45) is 10.8 Å². The molecule has 2 N–H and O–H groups in total. The first kappa shape index (κ1) is 31.6. The molecule has 1 fully saturated rings. The van der Waals surface area contributed by atoms with E-state index in [0.717, 1.165) is 39.8 Å². The molecule has 3 aliphatic rings. The third-order valence-corrected chi connectivity index (χ3v) is 10.8. The molecule has 10 heteroatoms. The molecule has 2 amide bonds. The lowest BCUT2D eigenvalue weighted by molar-refractivity contribution is -0.153. The summed E-state index contributed by atoms with van der Waals surface area (Å²) in [6.07, 6.45) is 5.45. The van der Waals surface area contributed by atoms with E-state index in [-0.39, 0.29) is 29.4 Å². The van der Waals surface area contributed by atoms with Gasteiger partial charge in [0.15, 0.2) is 0 Å². The average molecular weight is 649 g/mol. The number of alkyl halides is 1. The number of rotatable bonds is 9. The Morgan fingerprint density at radius 1 is 1.04 bits per heavy atom. The van der Waals surface area contributed by atoms with Crippen LogP contribution in [0.4, 0.5) is 11.4 Å². The minimum absolute atomic E-state index is 0.0475. The molecule has 3 aromatic rings. The van der Waals surface area contributed by atoms with Gasteiger partial charge in [-0.2, -0.15) is 0 Å². The number of amides is 2. The number of hydrogen-bond donors (Lipinski definition) is 2. The van der Waals surface area contributed by atoms with E-state index in [1.54, 1.807) is 30.2 Å². The van der Waals surface area contributed by atoms with E-state index in [1.165, 1.54) is 0 Å². The van der Waals surface area contributed by atoms with Crippen molar-refractivity contribution >= 4 is 66.3 Å². The molecule has 1 saturated carbocycles. The standard InChI is InChI=1S/C35H38ClN2O6P/c1-6-22-23(7-2)31-21(17-36)18-38(28(31)16-30(22)44-45(41)42)32(39)34(4)19-35(8-3,20-34)33(40)37-14-13-25-24-11-9-10-12-26(24)29(43-5)15-27(25)37/h6-7,9-12,15-16,21,41-42H,1-2,8,13-14,17-20H2,3-5H3/t21-,34?,35?/m1/s1. The topological polar surface area (TPSA) is 99.5 Å². The van der Waals surface area contributed by atoms with Crippen LogP contribution in [0.3, 0.4) is 0 Å². The molecule has 6 rings (SSSR count). The van der Waals surface area contributed by atoms with Gasteiger partial charge in [0.1, 0.15) is 11.5 Å². The lowest BCUT2D eigenvalue weighted by atomic mass is 9.51. The second-order valence-electron chi connectivity index (χ2n) is 12.5. The maximum atomic E-state index is 14.4. The Morgan fingerprint density at radius 3 is 2.31 bits per heavy atom. The van der Waals surface area contributed by atoms with Gasteiger partial charge in [0.05, 0.1) is 23.9 Å². The van der Waals surface area contributed by atoms with Crippen molar-refractivity contribution in [3.63, 3.8) is 0 Å². The molecule has 0 unspecified atom stereocenters. The van der Waals surface area contributed by atoms with Crippen molar-refractivity contribution in [3.05, 3.63) is 71.8 Å². The fourth-order valence-corrected chi connectivity index (χ4v) is 8.62. The van der Waals surface area contributed by atoms with Crippen molar-refractivity contribution in [2.75, 3.05) is 35.9 Å². The molecule has 236 valence electrons. The molecule has 0 bridgehead atoms. The third kappa shape index (κ3) is 4.85. The third-order valence-electron chi connectivity index (χ3n) is 10.1. The first-order valence-electron chi connectivity index (χ1n) is 15.2. The Morgan fingerprint density at radius 2 is 1.71 bits per heavy atom. The van der Waals surface area contributed by atoms with Crippen LogP contribution in [0.25, 0.3) is 22.9 Å². The van der Waals surface area contributed by atoms with Gasteiger partial charge in [-0.3, -0.25) is 9.59 Å². The average Bonchev–Trinajstić information content (AvgIpc) is 3.62. The number of carbonyl (C=O) groups excluding carboxylic acids is 2. The number of hydrogen-bond acceptors (Lipinski definition) is 6. The quantitative estimate of drug-likeness (QED) is 0.188. The number of halogens is 1. The highest BCUT2D eigenvalue weighted by atomic mass is 35.5. The maximum Gasteiger partial charge on any atom is 0.391 e. The molecular formula is C35H38ClN2O6P. The normalized spacial score (nSPS) is 23.5. The molecular weight excluding hydrogens is 611 g/mol. The van der Waals surface area contributed by atoms with Gasteiger partial charge in [-0.25, -0.2) is 0 Å². The van der Waals surface area contributed by atoms with Gasteiger partial charge >= 0.3 is 8.60 Å². The molecule has 1 aliphatic carbocycles. The lowest BCUT2D eigenvalue weighted by Crippen LogP contribution is -2.60. The van der Waals surface area contributed by atoms with Crippen LogP contribution in [0.5, 0.6) is 11.5 Å². The predicted octanol–water partition coefficient (Wildman–Crippen LogP) is 7.18. The van der Waals surface area contributed by atoms with Crippen LogP contribution in [0.2, 0.25) is 0 Å². The number of methoxy groups -OCH3 is 1. The zero-order valence-corrected chi connectivity index (χ0v) is 27.5. The molecule has 8 nitrogen and oxygen atoms in total. The fourth-order valence-electron chi connectivity index (χ4n) is 8.04. The first-order chi connectivity index (χ1) is 21.6. The Bertz CT molecular complexity index is 1730.